The van der Waals surface area contributed by atoms with Gasteiger partial charge in [0.05, 0.1) is 0 Å². The molecule has 0 atom stereocenters. The van der Waals surface area contributed by atoms with Crippen molar-refractivity contribution in [2.45, 2.75) is 26.9 Å². The Bertz CT molecular complexity index is 617. The first-order valence-electron chi connectivity index (χ1n) is 7.38. The molecule has 0 saturated carbocycles. The van der Waals surface area contributed by atoms with E-state index >= 15 is 0 Å². The van der Waals surface area contributed by atoms with Crippen LogP contribution in [0.2, 0.25) is 0 Å². The number of ether oxygens (including phenoxy) is 2. The predicted octanol–water partition coefficient (Wildman–Crippen LogP) is 3.36. The quantitative estimate of drug-likeness (QED) is 0.933. The van der Waals surface area contributed by atoms with Gasteiger partial charge in [-0.15, -0.1) is 0 Å². The van der Waals surface area contributed by atoms with Crippen molar-refractivity contribution in [3.05, 3.63) is 58.7 Å². The summed E-state index contributed by atoms with van der Waals surface area (Å²) in [6, 6.07) is 12.6. The second-order valence-electron chi connectivity index (χ2n) is 5.45. The predicted molar refractivity (Wildman–Crippen MR) is 83.9 cm³/mol. The maximum Gasteiger partial charge on any atom is 0.161 e. The van der Waals surface area contributed by atoms with Crippen LogP contribution in [0.25, 0.3) is 0 Å². The molecule has 0 bridgehead atoms. The zero-order valence-electron chi connectivity index (χ0n) is 12.6. The number of hydrogen-bond acceptors (Lipinski definition) is 3. The Morgan fingerprint density at radius 3 is 2.38 bits per heavy atom. The fourth-order valence-electron chi connectivity index (χ4n) is 2.66. The van der Waals surface area contributed by atoms with E-state index in [0.29, 0.717) is 13.2 Å². The molecule has 3 heteroatoms. The Labute approximate surface area is 125 Å². The van der Waals surface area contributed by atoms with E-state index in [1.807, 2.05) is 6.07 Å². The van der Waals surface area contributed by atoms with Gasteiger partial charge in [0.2, 0.25) is 0 Å². The first kappa shape index (κ1) is 14.0. The first-order valence-corrected chi connectivity index (χ1v) is 7.38. The number of fused-ring (bicyclic) bond motifs is 1. The molecule has 1 aliphatic heterocycles. The Kier molecular flexibility index (Phi) is 4.11. The van der Waals surface area contributed by atoms with Crippen molar-refractivity contribution in [3.8, 4) is 11.5 Å². The minimum absolute atomic E-state index is 0.631. The smallest absolute Gasteiger partial charge is 0.161 e. The average molecular weight is 283 g/mol. The lowest BCUT2D eigenvalue weighted by Gasteiger charge is -2.19. The molecule has 110 valence electrons. The second kappa shape index (κ2) is 6.19. The van der Waals surface area contributed by atoms with E-state index < -0.39 is 0 Å². The number of rotatable bonds is 4. The molecule has 1 aliphatic rings. The summed E-state index contributed by atoms with van der Waals surface area (Å²) in [7, 11) is 0. The van der Waals surface area contributed by atoms with Gasteiger partial charge in [-0.25, -0.2) is 0 Å². The van der Waals surface area contributed by atoms with Gasteiger partial charge in [-0.3, -0.25) is 0 Å². The Balaban J connectivity index is 1.63. The molecule has 3 nitrogen and oxygen atoms in total. The van der Waals surface area contributed by atoms with Crippen molar-refractivity contribution in [3.63, 3.8) is 0 Å². The lowest BCUT2D eigenvalue weighted by Crippen LogP contribution is -2.17. The number of aryl methyl sites for hydroxylation is 2. The van der Waals surface area contributed by atoms with Gasteiger partial charge >= 0.3 is 0 Å². The van der Waals surface area contributed by atoms with Crippen molar-refractivity contribution >= 4 is 0 Å². The highest BCUT2D eigenvalue weighted by atomic mass is 16.6. The summed E-state index contributed by atoms with van der Waals surface area (Å²) in [6.45, 7) is 7.29. The second-order valence-corrected chi connectivity index (χ2v) is 5.45. The van der Waals surface area contributed by atoms with Crippen LogP contribution in [-0.4, -0.2) is 13.2 Å². The normalized spacial score (nSPS) is 13.2. The number of hydrogen-bond donors (Lipinski definition) is 1. The zero-order valence-corrected chi connectivity index (χ0v) is 12.6. The van der Waals surface area contributed by atoms with Crippen molar-refractivity contribution < 1.29 is 9.47 Å². The summed E-state index contributed by atoms with van der Waals surface area (Å²) >= 11 is 0. The Morgan fingerprint density at radius 2 is 1.62 bits per heavy atom. The van der Waals surface area contributed by atoms with Crippen LogP contribution in [0, 0.1) is 13.8 Å². The van der Waals surface area contributed by atoms with Crippen LogP contribution >= 0.6 is 0 Å². The fraction of sp³-hybridized carbons (Fsp3) is 0.333. The van der Waals surface area contributed by atoms with E-state index in [9.17, 15) is 0 Å². The molecule has 2 aromatic carbocycles. The van der Waals surface area contributed by atoms with Gasteiger partial charge in [0.25, 0.3) is 0 Å². The number of nitrogens with one attached hydrogen (secondary N) is 1. The van der Waals surface area contributed by atoms with Gasteiger partial charge in [-0.2, -0.15) is 0 Å². The van der Waals surface area contributed by atoms with Crippen LogP contribution in [0.3, 0.4) is 0 Å². The largest absolute Gasteiger partial charge is 0.486 e. The molecular formula is C18H21NO2. The summed E-state index contributed by atoms with van der Waals surface area (Å²) in [6.07, 6.45) is 0. The molecule has 0 amide bonds. The summed E-state index contributed by atoms with van der Waals surface area (Å²) in [5, 5.41) is 3.51. The number of benzene rings is 2. The third-order valence-corrected chi connectivity index (χ3v) is 3.88. The molecule has 0 aliphatic carbocycles. The third kappa shape index (κ3) is 3.19. The van der Waals surface area contributed by atoms with Gasteiger partial charge in [-0.05, 0) is 48.2 Å². The van der Waals surface area contributed by atoms with Crippen LogP contribution in [0.1, 0.15) is 22.3 Å². The summed E-state index contributed by atoms with van der Waals surface area (Å²) < 4.78 is 11.2. The highest BCUT2D eigenvalue weighted by molar-refractivity contribution is 5.43. The lowest BCUT2D eigenvalue weighted by atomic mass is 10.0. The maximum atomic E-state index is 5.61. The topological polar surface area (TPSA) is 30.5 Å². The van der Waals surface area contributed by atoms with Gasteiger partial charge in [-0.1, -0.05) is 24.3 Å². The standard InChI is InChI=1S/C18H21NO2/c1-13-4-3-5-14(2)16(13)12-19-11-15-6-7-17-18(10-15)21-9-8-20-17/h3-7,10,19H,8-9,11-12H2,1-2H3. The van der Waals surface area contributed by atoms with Gasteiger partial charge < -0.3 is 14.8 Å². The van der Waals surface area contributed by atoms with Crippen LogP contribution in [0.4, 0.5) is 0 Å². The highest BCUT2D eigenvalue weighted by Gasteiger charge is 2.11. The fourth-order valence-corrected chi connectivity index (χ4v) is 2.66. The Morgan fingerprint density at radius 1 is 0.905 bits per heavy atom. The van der Waals surface area contributed by atoms with E-state index in [4.69, 9.17) is 9.47 Å². The molecule has 0 spiro atoms. The molecule has 1 heterocycles. The molecule has 0 saturated heterocycles. The lowest BCUT2D eigenvalue weighted by molar-refractivity contribution is 0.171. The van der Waals surface area contributed by atoms with E-state index in [0.717, 1.165) is 24.6 Å². The van der Waals surface area contributed by atoms with E-state index in [1.165, 1.54) is 22.3 Å². The Hall–Kier alpha value is -2.00. The molecule has 21 heavy (non-hydrogen) atoms. The van der Waals surface area contributed by atoms with Crippen molar-refractivity contribution in [1.82, 2.24) is 5.32 Å². The average Bonchev–Trinajstić information content (AvgIpc) is 2.50. The molecule has 2 aromatic rings. The molecule has 1 N–H and O–H groups in total. The molecule has 0 fully saturated rings. The molecule has 0 radical (unpaired) electrons. The van der Waals surface area contributed by atoms with Gasteiger partial charge in [0, 0.05) is 13.1 Å². The SMILES string of the molecule is Cc1cccc(C)c1CNCc1ccc2c(c1)OCCO2. The van der Waals surface area contributed by atoms with E-state index in [2.05, 4.69) is 49.5 Å². The minimum Gasteiger partial charge on any atom is -0.486 e. The van der Waals surface area contributed by atoms with Crippen LogP contribution in [0.5, 0.6) is 11.5 Å². The molecular weight excluding hydrogens is 262 g/mol. The minimum atomic E-state index is 0.631. The van der Waals surface area contributed by atoms with Crippen LogP contribution in [-0.2, 0) is 13.1 Å². The van der Waals surface area contributed by atoms with Crippen molar-refractivity contribution in [2.75, 3.05) is 13.2 Å². The highest BCUT2D eigenvalue weighted by Crippen LogP contribution is 2.30. The maximum absolute atomic E-state index is 5.61. The van der Waals surface area contributed by atoms with Crippen LogP contribution in [0.15, 0.2) is 36.4 Å². The van der Waals surface area contributed by atoms with Gasteiger partial charge in [0.15, 0.2) is 11.5 Å². The van der Waals surface area contributed by atoms with Gasteiger partial charge in [0.1, 0.15) is 13.2 Å². The third-order valence-electron chi connectivity index (χ3n) is 3.88. The molecule has 0 aromatic heterocycles. The zero-order chi connectivity index (χ0) is 14.7. The monoisotopic (exact) mass is 283 g/mol. The molecule has 3 rings (SSSR count). The van der Waals surface area contributed by atoms with E-state index in [1.54, 1.807) is 0 Å². The van der Waals surface area contributed by atoms with E-state index in [-0.39, 0.29) is 0 Å². The van der Waals surface area contributed by atoms with Crippen molar-refractivity contribution in [2.24, 2.45) is 0 Å². The summed E-state index contributed by atoms with van der Waals surface area (Å²) in [5.74, 6) is 1.70. The molecule has 0 unspecified atom stereocenters. The summed E-state index contributed by atoms with van der Waals surface area (Å²) in [5.41, 5.74) is 5.27. The summed E-state index contributed by atoms with van der Waals surface area (Å²) in [4.78, 5) is 0. The van der Waals surface area contributed by atoms with Crippen molar-refractivity contribution in [1.29, 1.82) is 0 Å². The first-order chi connectivity index (χ1) is 10.2. The van der Waals surface area contributed by atoms with Crippen LogP contribution < -0.4 is 14.8 Å².